The highest BCUT2D eigenvalue weighted by Crippen LogP contribution is 2.21. The summed E-state index contributed by atoms with van der Waals surface area (Å²) in [6.07, 6.45) is 3.73. The number of anilines is 1. The predicted octanol–water partition coefficient (Wildman–Crippen LogP) is 1.24. The lowest BCUT2D eigenvalue weighted by Gasteiger charge is -2.17. The molecule has 1 heterocycles. The SMILES string of the molecule is CCN(CC)S(=O)(=O)Nc1ncc(C=CC(=O)O)s1. The van der Waals surface area contributed by atoms with Crippen molar-refractivity contribution in [3.63, 3.8) is 0 Å². The van der Waals surface area contributed by atoms with Crippen LogP contribution in [-0.2, 0) is 15.0 Å². The summed E-state index contributed by atoms with van der Waals surface area (Å²) in [7, 11) is -3.60. The van der Waals surface area contributed by atoms with E-state index < -0.39 is 16.2 Å². The van der Waals surface area contributed by atoms with E-state index in [0.29, 0.717) is 18.0 Å². The zero-order valence-corrected chi connectivity index (χ0v) is 12.2. The van der Waals surface area contributed by atoms with Gasteiger partial charge in [0.2, 0.25) is 0 Å². The number of hydrogen-bond donors (Lipinski definition) is 2. The molecule has 0 fully saturated rings. The first-order valence-electron chi connectivity index (χ1n) is 5.53. The Labute approximate surface area is 115 Å². The van der Waals surface area contributed by atoms with Crippen molar-refractivity contribution < 1.29 is 18.3 Å². The van der Waals surface area contributed by atoms with E-state index in [-0.39, 0.29) is 5.13 Å². The molecule has 9 heteroatoms. The van der Waals surface area contributed by atoms with Gasteiger partial charge in [0.25, 0.3) is 0 Å². The van der Waals surface area contributed by atoms with Crippen LogP contribution in [0.2, 0.25) is 0 Å². The third-order valence-corrected chi connectivity index (χ3v) is 4.83. The Morgan fingerprint density at radius 1 is 1.53 bits per heavy atom. The van der Waals surface area contributed by atoms with Crippen LogP contribution in [0.4, 0.5) is 5.13 Å². The molecule has 0 bridgehead atoms. The first-order valence-corrected chi connectivity index (χ1v) is 7.79. The van der Waals surface area contributed by atoms with E-state index in [4.69, 9.17) is 5.11 Å². The number of hydrogen-bond acceptors (Lipinski definition) is 5. The lowest BCUT2D eigenvalue weighted by molar-refractivity contribution is -0.131. The van der Waals surface area contributed by atoms with Crippen LogP contribution in [0.15, 0.2) is 12.3 Å². The van der Waals surface area contributed by atoms with Crippen molar-refractivity contribution in [3.8, 4) is 0 Å². The van der Waals surface area contributed by atoms with Crippen molar-refractivity contribution in [2.24, 2.45) is 0 Å². The van der Waals surface area contributed by atoms with Gasteiger partial charge in [0, 0.05) is 30.2 Å². The summed E-state index contributed by atoms with van der Waals surface area (Å²) in [6.45, 7) is 4.21. The number of aromatic nitrogens is 1. The van der Waals surface area contributed by atoms with Crippen molar-refractivity contribution in [1.29, 1.82) is 0 Å². The number of nitrogens with one attached hydrogen (secondary N) is 1. The van der Waals surface area contributed by atoms with E-state index in [1.807, 2.05) is 0 Å². The van der Waals surface area contributed by atoms with E-state index in [1.54, 1.807) is 13.8 Å². The number of nitrogens with zero attached hydrogens (tertiary/aromatic N) is 2. The number of carboxylic acids is 1. The molecule has 0 atom stereocenters. The molecule has 0 radical (unpaired) electrons. The Kier molecular flexibility index (Phi) is 5.45. The number of carboxylic acid groups (broad SMARTS) is 1. The van der Waals surface area contributed by atoms with Gasteiger partial charge in [0.15, 0.2) is 5.13 Å². The second-order valence-corrected chi connectivity index (χ2v) is 6.16. The largest absolute Gasteiger partial charge is 0.478 e. The van der Waals surface area contributed by atoms with Gasteiger partial charge in [0.1, 0.15) is 0 Å². The minimum absolute atomic E-state index is 0.205. The molecule has 0 amide bonds. The third kappa shape index (κ3) is 4.62. The van der Waals surface area contributed by atoms with E-state index in [0.717, 1.165) is 17.4 Å². The smallest absolute Gasteiger partial charge is 0.328 e. The zero-order valence-electron chi connectivity index (χ0n) is 10.5. The molecule has 1 aromatic heterocycles. The highest BCUT2D eigenvalue weighted by atomic mass is 32.2. The van der Waals surface area contributed by atoms with E-state index in [1.165, 1.54) is 16.6 Å². The van der Waals surface area contributed by atoms with E-state index >= 15 is 0 Å². The van der Waals surface area contributed by atoms with Gasteiger partial charge in [-0.3, -0.25) is 0 Å². The molecule has 0 aliphatic heterocycles. The molecule has 1 rings (SSSR count). The summed E-state index contributed by atoms with van der Waals surface area (Å²) < 4.78 is 27.4. The Balaban J connectivity index is 2.81. The molecule has 1 aromatic rings. The van der Waals surface area contributed by atoms with Gasteiger partial charge in [-0.25, -0.2) is 14.5 Å². The first-order chi connectivity index (χ1) is 8.89. The molecule has 2 N–H and O–H groups in total. The summed E-state index contributed by atoms with van der Waals surface area (Å²) in [6, 6.07) is 0. The standard InChI is InChI=1S/C10H15N3O4S2/c1-3-13(4-2)19(16,17)12-10-11-7-8(18-10)5-6-9(14)15/h5-7H,3-4H2,1-2H3,(H,11,12)(H,14,15). The number of carbonyl (C=O) groups is 1. The summed E-state index contributed by atoms with van der Waals surface area (Å²) >= 11 is 1.06. The summed E-state index contributed by atoms with van der Waals surface area (Å²) in [5.74, 6) is -1.07. The maximum Gasteiger partial charge on any atom is 0.328 e. The van der Waals surface area contributed by atoms with Crippen LogP contribution in [0.5, 0.6) is 0 Å². The van der Waals surface area contributed by atoms with Gasteiger partial charge >= 0.3 is 16.2 Å². The fraction of sp³-hybridized carbons (Fsp3) is 0.400. The van der Waals surface area contributed by atoms with Crippen LogP contribution in [-0.4, -0.2) is 41.9 Å². The van der Waals surface area contributed by atoms with Gasteiger partial charge in [-0.05, 0) is 6.08 Å². The van der Waals surface area contributed by atoms with Gasteiger partial charge < -0.3 is 5.11 Å². The second-order valence-electron chi connectivity index (χ2n) is 3.43. The molecular weight excluding hydrogens is 290 g/mol. The molecule has 0 aromatic carbocycles. The van der Waals surface area contributed by atoms with E-state index in [9.17, 15) is 13.2 Å². The van der Waals surface area contributed by atoms with Crippen LogP contribution < -0.4 is 4.72 Å². The average molecular weight is 305 g/mol. The van der Waals surface area contributed by atoms with Crippen LogP contribution in [0.3, 0.4) is 0 Å². The molecule has 0 spiro atoms. The van der Waals surface area contributed by atoms with Crippen LogP contribution in [0.25, 0.3) is 6.08 Å². The normalized spacial score (nSPS) is 12.2. The number of thiazole rings is 1. The van der Waals surface area contributed by atoms with Gasteiger partial charge in [0.05, 0.1) is 0 Å². The minimum atomic E-state index is -3.60. The summed E-state index contributed by atoms with van der Waals surface area (Å²) in [5, 5.41) is 8.69. The average Bonchev–Trinajstić information content (AvgIpc) is 2.74. The van der Waals surface area contributed by atoms with E-state index in [2.05, 4.69) is 9.71 Å². The molecular formula is C10H15N3O4S2. The van der Waals surface area contributed by atoms with Crippen LogP contribution in [0, 0.1) is 0 Å². The molecule has 0 aliphatic rings. The minimum Gasteiger partial charge on any atom is -0.478 e. The Morgan fingerprint density at radius 2 is 2.16 bits per heavy atom. The quantitative estimate of drug-likeness (QED) is 0.738. The summed E-state index contributed by atoms with van der Waals surface area (Å²) in [4.78, 5) is 14.8. The third-order valence-electron chi connectivity index (χ3n) is 2.18. The first kappa shape index (κ1) is 15.6. The molecule has 0 aliphatic carbocycles. The Hall–Kier alpha value is -1.45. The van der Waals surface area contributed by atoms with Crippen molar-refractivity contribution >= 4 is 38.7 Å². The Morgan fingerprint density at radius 3 is 2.68 bits per heavy atom. The lowest BCUT2D eigenvalue weighted by atomic mass is 10.4. The van der Waals surface area contributed by atoms with Crippen molar-refractivity contribution in [2.45, 2.75) is 13.8 Å². The van der Waals surface area contributed by atoms with Crippen molar-refractivity contribution in [3.05, 3.63) is 17.2 Å². The molecule has 0 unspecified atom stereocenters. The highest BCUT2D eigenvalue weighted by molar-refractivity contribution is 7.90. The van der Waals surface area contributed by atoms with Crippen LogP contribution in [0.1, 0.15) is 18.7 Å². The lowest BCUT2D eigenvalue weighted by Crippen LogP contribution is -2.35. The second kappa shape index (κ2) is 6.64. The maximum absolute atomic E-state index is 11.9. The van der Waals surface area contributed by atoms with Crippen molar-refractivity contribution in [1.82, 2.24) is 9.29 Å². The topological polar surface area (TPSA) is 99.6 Å². The predicted molar refractivity (Wildman–Crippen MR) is 74.2 cm³/mol. The maximum atomic E-state index is 11.9. The van der Waals surface area contributed by atoms with Gasteiger partial charge in [-0.2, -0.15) is 12.7 Å². The molecule has 0 saturated heterocycles. The van der Waals surface area contributed by atoms with Gasteiger partial charge in [-0.15, -0.1) is 0 Å². The van der Waals surface area contributed by atoms with Crippen LogP contribution >= 0.6 is 11.3 Å². The number of aliphatic carboxylic acids is 1. The zero-order chi connectivity index (χ0) is 14.5. The molecule has 19 heavy (non-hydrogen) atoms. The molecule has 0 saturated carbocycles. The summed E-state index contributed by atoms with van der Waals surface area (Å²) in [5.41, 5.74) is 0. The molecule has 7 nitrogen and oxygen atoms in total. The molecule has 106 valence electrons. The highest BCUT2D eigenvalue weighted by Gasteiger charge is 2.19. The fourth-order valence-corrected chi connectivity index (χ4v) is 3.44. The fourth-order valence-electron chi connectivity index (χ4n) is 1.30. The van der Waals surface area contributed by atoms with Gasteiger partial charge in [-0.1, -0.05) is 25.2 Å². The number of rotatable bonds is 7. The monoisotopic (exact) mass is 305 g/mol. The van der Waals surface area contributed by atoms with Crippen molar-refractivity contribution in [2.75, 3.05) is 17.8 Å². The Bertz CT molecular complexity index is 561.